The Morgan fingerprint density at radius 1 is 0.962 bits per heavy atom. The highest BCUT2D eigenvalue weighted by atomic mass is 32.1. The lowest BCUT2D eigenvalue weighted by Crippen LogP contribution is -2.46. The van der Waals surface area contributed by atoms with Gasteiger partial charge in [0.1, 0.15) is 0 Å². The lowest BCUT2D eigenvalue weighted by Gasteiger charge is -2.35. The molecule has 0 bridgehead atoms. The van der Waals surface area contributed by atoms with Gasteiger partial charge in [-0.15, -0.1) is 0 Å². The minimum Gasteiger partial charge on any atom is -0.369 e. The summed E-state index contributed by atoms with van der Waals surface area (Å²) in [6.45, 7) is 8.69. The number of hydrogen-bond donors (Lipinski definition) is 2. The fourth-order valence-corrected chi connectivity index (χ4v) is 3.44. The summed E-state index contributed by atoms with van der Waals surface area (Å²) < 4.78 is 0. The molecule has 1 aliphatic heterocycles. The fraction of sp³-hybridized carbons (Fsp3) is 0.381. The molecule has 1 heterocycles. The number of rotatable bonds is 6. The first kappa shape index (κ1) is 18.7. The normalized spacial score (nSPS) is 14.9. The van der Waals surface area contributed by atoms with Crippen molar-refractivity contribution in [2.24, 2.45) is 0 Å². The summed E-state index contributed by atoms with van der Waals surface area (Å²) in [5, 5.41) is 7.21. The highest BCUT2D eigenvalue weighted by Crippen LogP contribution is 2.19. The van der Waals surface area contributed by atoms with Crippen LogP contribution >= 0.6 is 12.2 Å². The number of benzene rings is 2. The van der Waals surface area contributed by atoms with Crippen molar-refractivity contribution < 1.29 is 0 Å². The van der Waals surface area contributed by atoms with E-state index in [-0.39, 0.29) is 0 Å². The van der Waals surface area contributed by atoms with Crippen molar-refractivity contribution in [3.05, 3.63) is 60.2 Å². The molecule has 26 heavy (non-hydrogen) atoms. The molecule has 1 fully saturated rings. The van der Waals surface area contributed by atoms with E-state index in [9.17, 15) is 0 Å². The molecule has 0 spiro atoms. The van der Waals surface area contributed by atoms with E-state index in [4.69, 9.17) is 12.2 Å². The van der Waals surface area contributed by atoms with Crippen LogP contribution in [0.2, 0.25) is 0 Å². The maximum atomic E-state index is 5.40. The highest BCUT2D eigenvalue weighted by Gasteiger charge is 2.15. The van der Waals surface area contributed by atoms with Gasteiger partial charge in [-0.1, -0.05) is 37.3 Å². The lowest BCUT2D eigenvalue weighted by atomic mass is 10.1. The molecular formula is C21H28N4S. The second-order valence-corrected chi connectivity index (χ2v) is 6.99. The predicted molar refractivity (Wildman–Crippen MR) is 115 cm³/mol. The Morgan fingerprint density at radius 3 is 2.31 bits per heavy atom. The molecule has 1 saturated heterocycles. The zero-order valence-corrected chi connectivity index (χ0v) is 16.3. The molecule has 5 heteroatoms. The van der Waals surface area contributed by atoms with E-state index in [1.807, 2.05) is 6.07 Å². The van der Waals surface area contributed by atoms with Gasteiger partial charge in [-0.05, 0) is 55.0 Å². The molecule has 138 valence electrons. The van der Waals surface area contributed by atoms with Crippen molar-refractivity contribution in [2.45, 2.75) is 13.3 Å². The summed E-state index contributed by atoms with van der Waals surface area (Å²) in [5.41, 5.74) is 3.63. The number of anilines is 2. The first-order valence-corrected chi connectivity index (χ1v) is 9.81. The molecule has 1 aliphatic rings. The third kappa shape index (κ3) is 5.44. The zero-order valence-electron chi connectivity index (χ0n) is 15.4. The monoisotopic (exact) mass is 368 g/mol. The smallest absolute Gasteiger partial charge is 0.170 e. The minimum atomic E-state index is 0.672. The lowest BCUT2D eigenvalue weighted by molar-refractivity contribution is 0.271. The molecule has 2 aromatic carbocycles. The molecule has 0 aliphatic carbocycles. The Bertz CT molecular complexity index is 679. The van der Waals surface area contributed by atoms with E-state index >= 15 is 0 Å². The Hall–Kier alpha value is -2.11. The van der Waals surface area contributed by atoms with Gasteiger partial charge in [0.25, 0.3) is 0 Å². The van der Waals surface area contributed by atoms with Crippen LogP contribution in [0.15, 0.2) is 54.6 Å². The quantitative estimate of drug-likeness (QED) is 0.764. The third-order valence-corrected chi connectivity index (χ3v) is 5.10. The van der Waals surface area contributed by atoms with Crippen LogP contribution in [0, 0.1) is 0 Å². The van der Waals surface area contributed by atoms with Crippen LogP contribution in [-0.2, 0) is 6.42 Å². The maximum Gasteiger partial charge on any atom is 0.170 e. The zero-order chi connectivity index (χ0) is 18.2. The summed E-state index contributed by atoms with van der Waals surface area (Å²) in [7, 11) is 0. The van der Waals surface area contributed by atoms with Crippen molar-refractivity contribution in [1.29, 1.82) is 0 Å². The molecule has 4 nitrogen and oxygen atoms in total. The van der Waals surface area contributed by atoms with Gasteiger partial charge in [0.2, 0.25) is 0 Å². The summed E-state index contributed by atoms with van der Waals surface area (Å²) >= 11 is 5.40. The first-order chi connectivity index (χ1) is 12.7. The van der Waals surface area contributed by atoms with Crippen LogP contribution in [0.5, 0.6) is 0 Å². The van der Waals surface area contributed by atoms with E-state index in [1.54, 1.807) is 0 Å². The van der Waals surface area contributed by atoms with Crippen LogP contribution < -0.4 is 15.5 Å². The number of hydrogen-bond acceptors (Lipinski definition) is 3. The Labute approximate surface area is 162 Å². The second kappa shape index (κ2) is 9.55. The Balaban J connectivity index is 1.43. The summed E-state index contributed by atoms with van der Waals surface area (Å²) in [6.07, 6.45) is 0.964. The number of piperazine rings is 1. The second-order valence-electron chi connectivity index (χ2n) is 6.58. The standard InChI is InChI=1S/C21H28N4S/c1-2-24-14-16-25(17-15-24)20-10-8-19(9-11-20)23-21(26)22-13-12-18-6-4-3-5-7-18/h3-11H,2,12-17H2,1H3,(H2,22,23,26). The number of likely N-dealkylation sites (N-methyl/N-ethyl adjacent to an activating group) is 1. The van der Waals surface area contributed by atoms with Gasteiger partial charge in [0.05, 0.1) is 0 Å². The molecule has 2 aromatic rings. The third-order valence-electron chi connectivity index (χ3n) is 4.85. The molecule has 2 N–H and O–H groups in total. The van der Waals surface area contributed by atoms with Crippen LogP contribution in [0.25, 0.3) is 0 Å². The van der Waals surface area contributed by atoms with Crippen molar-refractivity contribution in [3.63, 3.8) is 0 Å². The molecule has 0 atom stereocenters. The predicted octanol–water partition coefficient (Wildman–Crippen LogP) is 3.36. The number of nitrogens with one attached hydrogen (secondary N) is 2. The van der Waals surface area contributed by atoms with Gasteiger partial charge in [0.15, 0.2) is 5.11 Å². The fourth-order valence-electron chi connectivity index (χ4n) is 3.22. The van der Waals surface area contributed by atoms with E-state index in [1.165, 1.54) is 11.3 Å². The Kier molecular flexibility index (Phi) is 6.86. The van der Waals surface area contributed by atoms with Gasteiger partial charge in [0, 0.05) is 44.1 Å². The van der Waals surface area contributed by atoms with E-state index in [2.05, 4.69) is 75.9 Å². The van der Waals surface area contributed by atoms with Crippen LogP contribution in [0.3, 0.4) is 0 Å². The maximum absolute atomic E-state index is 5.40. The summed E-state index contributed by atoms with van der Waals surface area (Å²) in [4.78, 5) is 4.94. The van der Waals surface area contributed by atoms with Crippen molar-refractivity contribution in [1.82, 2.24) is 10.2 Å². The van der Waals surface area contributed by atoms with Gasteiger partial charge in [-0.2, -0.15) is 0 Å². The summed E-state index contributed by atoms with van der Waals surface area (Å²) in [5.74, 6) is 0. The number of thiocarbonyl (C=S) groups is 1. The average Bonchev–Trinajstić information content (AvgIpc) is 2.69. The highest BCUT2D eigenvalue weighted by molar-refractivity contribution is 7.80. The number of nitrogens with zero attached hydrogens (tertiary/aromatic N) is 2. The average molecular weight is 369 g/mol. The van der Waals surface area contributed by atoms with Crippen LogP contribution in [-0.4, -0.2) is 49.3 Å². The molecule has 0 saturated carbocycles. The van der Waals surface area contributed by atoms with Crippen molar-refractivity contribution in [3.8, 4) is 0 Å². The van der Waals surface area contributed by atoms with Crippen LogP contribution in [0.4, 0.5) is 11.4 Å². The molecule has 0 aromatic heterocycles. The van der Waals surface area contributed by atoms with E-state index in [0.29, 0.717) is 5.11 Å². The summed E-state index contributed by atoms with van der Waals surface area (Å²) in [6, 6.07) is 19.0. The molecule has 0 radical (unpaired) electrons. The molecular weight excluding hydrogens is 340 g/mol. The largest absolute Gasteiger partial charge is 0.369 e. The molecule has 3 rings (SSSR count). The van der Waals surface area contributed by atoms with Gasteiger partial charge in [-0.25, -0.2) is 0 Å². The van der Waals surface area contributed by atoms with E-state index in [0.717, 1.165) is 51.4 Å². The van der Waals surface area contributed by atoms with Gasteiger partial charge < -0.3 is 20.4 Å². The molecule has 0 unspecified atom stereocenters. The van der Waals surface area contributed by atoms with Gasteiger partial charge >= 0.3 is 0 Å². The minimum absolute atomic E-state index is 0.672. The molecule has 0 amide bonds. The Morgan fingerprint density at radius 2 is 1.65 bits per heavy atom. The van der Waals surface area contributed by atoms with Gasteiger partial charge in [-0.3, -0.25) is 0 Å². The van der Waals surface area contributed by atoms with E-state index < -0.39 is 0 Å². The van der Waals surface area contributed by atoms with Crippen LogP contribution in [0.1, 0.15) is 12.5 Å². The SMILES string of the molecule is CCN1CCN(c2ccc(NC(=S)NCCc3ccccc3)cc2)CC1. The van der Waals surface area contributed by atoms with Crippen molar-refractivity contribution >= 4 is 28.7 Å². The topological polar surface area (TPSA) is 30.5 Å². The van der Waals surface area contributed by atoms with Crippen molar-refractivity contribution in [2.75, 3.05) is 49.5 Å². The first-order valence-electron chi connectivity index (χ1n) is 9.41.